The molecule has 0 radical (unpaired) electrons. The molecule has 0 bridgehead atoms. The fraction of sp³-hybridized carbons (Fsp3) is 0.409. The number of amides is 1. The largest absolute Gasteiger partial charge is 0.497 e. The number of ether oxygens (including phenoxy) is 3. The second-order valence-electron chi connectivity index (χ2n) is 6.87. The van der Waals surface area contributed by atoms with E-state index in [4.69, 9.17) is 14.2 Å². The molecule has 5 nitrogen and oxygen atoms in total. The highest BCUT2D eigenvalue weighted by Crippen LogP contribution is 2.27. The summed E-state index contributed by atoms with van der Waals surface area (Å²) in [5.41, 5.74) is 1.04. The molecule has 0 heterocycles. The normalized spacial score (nSPS) is 13.0. The summed E-state index contributed by atoms with van der Waals surface area (Å²) in [7, 11) is 3.22. The van der Waals surface area contributed by atoms with Crippen LogP contribution in [0.15, 0.2) is 48.5 Å². The van der Waals surface area contributed by atoms with E-state index >= 15 is 0 Å². The van der Waals surface area contributed by atoms with E-state index in [1.54, 1.807) is 33.3 Å². The zero-order valence-electron chi connectivity index (χ0n) is 16.7. The first kappa shape index (κ1) is 20.6. The van der Waals surface area contributed by atoms with Crippen molar-refractivity contribution < 1.29 is 19.0 Å². The summed E-state index contributed by atoms with van der Waals surface area (Å²) in [6.07, 6.45) is 0.189. The first-order chi connectivity index (χ1) is 12.9. The molecule has 0 aliphatic rings. The quantitative estimate of drug-likeness (QED) is 0.711. The molecule has 0 aliphatic heterocycles. The molecular weight excluding hydrogens is 342 g/mol. The van der Waals surface area contributed by atoms with Crippen molar-refractivity contribution in [2.24, 2.45) is 5.92 Å². The molecule has 2 rings (SSSR count). The molecule has 1 N–H and O–H groups in total. The van der Waals surface area contributed by atoms with Crippen molar-refractivity contribution in [2.45, 2.75) is 39.3 Å². The Morgan fingerprint density at radius 2 is 1.56 bits per heavy atom. The van der Waals surface area contributed by atoms with E-state index in [0.717, 1.165) is 17.7 Å². The molecule has 0 aromatic heterocycles. The second-order valence-corrected chi connectivity index (χ2v) is 6.87. The Hall–Kier alpha value is -2.69. The van der Waals surface area contributed by atoms with Crippen molar-refractivity contribution in [3.05, 3.63) is 54.1 Å². The van der Waals surface area contributed by atoms with Crippen LogP contribution in [0.4, 0.5) is 0 Å². The molecule has 1 amide bonds. The van der Waals surface area contributed by atoms with Gasteiger partial charge in [-0.1, -0.05) is 38.1 Å². The van der Waals surface area contributed by atoms with Crippen molar-refractivity contribution in [3.8, 4) is 17.2 Å². The Kier molecular flexibility index (Phi) is 7.53. The van der Waals surface area contributed by atoms with Crippen LogP contribution >= 0.6 is 0 Å². The number of hydrogen-bond acceptors (Lipinski definition) is 4. The highest BCUT2D eigenvalue weighted by atomic mass is 16.5. The molecular formula is C22H29NO4. The molecule has 2 aromatic rings. The lowest BCUT2D eigenvalue weighted by Crippen LogP contribution is -2.39. The van der Waals surface area contributed by atoms with Crippen molar-refractivity contribution in [1.82, 2.24) is 5.32 Å². The minimum Gasteiger partial charge on any atom is -0.497 e. The van der Waals surface area contributed by atoms with Gasteiger partial charge in [0.05, 0.1) is 20.3 Å². The molecule has 0 saturated heterocycles. The van der Waals surface area contributed by atoms with Gasteiger partial charge in [-0.25, -0.2) is 0 Å². The Balaban J connectivity index is 2.09. The number of methoxy groups -OCH3 is 2. The van der Waals surface area contributed by atoms with Gasteiger partial charge >= 0.3 is 0 Å². The summed E-state index contributed by atoms with van der Waals surface area (Å²) in [6, 6.07) is 15.0. The van der Waals surface area contributed by atoms with Gasteiger partial charge in [-0.3, -0.25) is 4.79 Å². The van der Waals surface area contributed by atoms with Crippen molar-refractivity contribution in [1.29, 1.82) is 0 Å². The van der Waals surface area contributed by atoms with E-state index in [1.165, 1.54) is 0 Å². The topological polar surface area (TPSA) is 56.8 Å². The molecule has 0 fully saturated rings. The third-order valence-electron chi connectivity index (χ3n) is 4.28. The average molecular weight is 371 g/mol. The van der Waals surface area contributed by atoms with Crippen LogP contribution in [0.25, 0.3) is 0 Å². The molecule has 0 spiro atoms. The van der Waals surface area contributed by atoms with Gasteiger partial charge in [-0.2, -0.15) is 0 Å². The van der Waals surface area contributed by atoms with Gasteiger partial charge in [0.25, 0.3) is 5.91 Å². The van der Waals surface area contributed by atoms with Crippen LogP contribution in [0.5, 0.6) is 17.2 Å². The summed E-state index contributed by atoms with van der Waals surface area (Å²) in [5, 5.41) is 3.11. The van der Waals surface area contributed by atoms with Gasteiger partial charge in [0.15, 0.2) is 17.6 Å². The first-order valence-corrected chi connectivity index (χ1v) is 9.18. The molecule has 27 heavy (non-hydrogen) atoms. The van der Waals surface area contributed by atoms with Crippen LogP contribution in [0.1, 0.15) is 38.8 Å². The van der Waals surface area contributed by atoms with E-state index in [9.17, 15) is 4.79 Å². The summed E-state index contributed by atoms with van der Waals surface area (Å²) < 4.78 is 16.3. The van der Waals surface area contributed by atoms with Gasteiger partial charge in [0.2, 0.25) is 0 Å². The predicted molar refractivity (Wildman–Crippen MR) is 106 cm³/mol. The Labute approximate surface area is 161 Å². The van der Waals surface area contributed by atoms with E-state index in [-0.39, 0.29) is 11.9 Å². The lowest BCUT2D eigenvalue weighted by molar-refractivity contribution is -0.128. The average Bonchev–Trinajstić information content (AvgIpc) is 2.67. The van der Waals surface area contributed by atoms with Gasteiger partial charge in [0.1, 0.15) is 5.75 Å². The summed E-state index contributed by atoms with van der Waals surface area (Å²) in [5.74, 6) is 2.21. The number of nitrogens with one attached hydrogen (secondary N) is 1. The van der Waals surface area contributed by atoms with Gasteiger partial charge < -0.3 is 19.5 Å². The summed E-state index contributed by atoms with van der Waals surface area (Å²) in [4.78, 5) is 12.7. The van der Waals surface area contributed by atoms with Crippen LogP contribution in [0.3, 0.4) is 0 Å². The maximum atomic E-state index is 12.7. The number of benzene rings is 2. The first-order valence-electron chi connectivity index (χ1n) is 9.18. The van der Waals surface area contributed by atoms with Crippen LogP contribution in [0, 0.1) is 5.92 Å². The molecule has 146 valence electrons. The zero-order valence-corrected chi connectivity index (χ0v) is 16.7. The second kappa shape index (κ2) is 9.86. The van der Waals surface area contributed by atoms with E-state index in [2.05, 4.69) is 19.2 Å². The van der Waals surface area contributed by atoms with E-state index in [1.807, 2.05) is 36.4 Å². The van der Waals surface area contributed by atoms with Crippen molar-refractivity contribution in [2.75, 3.05) is 14.2 Å². The van der Waals surface area contributed by atoms with Gasteiger partial charge in [-0.15, -0.1) is 0 Å². The maximum Gasteiger partial charge on any atom is 0.261 e. The molecule has 0 saturated carbocycles. The SMILES string of the molecule is COc1ccc([C@@H](CC(C)C)NC(=O)[C@H](C)Oc2ccccc2OC)cc1. The monoisotopic (exact) mass is 371 g/mol. The van der Waals surface area contributed by atoms with Crippen LogP contribution < -0.4 is 19.5 Å². The van der Waals surface area contributed by atoms with Crippen LogP contribution in [-0.2, 0) is 4.79 Å². The predicted octanol–water partition coefficient (Wildman–Crippen LogP) is 4.37. The third-order valence-corrected chi connectivity index (χ3v) is 4.28. The Morgan fingerprint density at radius 1 is 0.926 bits per heavy atom. The highest BCUT2D eigenvalue weighted by molar-refractivity contribution is 5.81. The highest BCUT2D eigenvalue weighted by Gasteiger charge is 2.22. The number of carbonyl (C=O) groups is 1. The summed E-state index contributed by atoms with van der Waals surface area (Å²) >= 11 is 0. The molecule has 5 heteroatoms. The lowest BCUT2D eigenvalue weighted by Gasteiger charge is -2.24. The van der Waals surface area contributed by atoms with Gasteiger partial charge in [-0.05, 0) is 49.1 Å². The third kappa shape index (κ3) is 5.91. The molecule has 2 aromatic carbocycles. The fourth-order valence-electron chi connectivity index (χ4n) is 2.84. The number of para-hydroxylation sites is 2. The number of carbonyl (C=O) groups excluding carboxylic acids is 1. The fourth-order valence-corrected chi connectivity index (χ4v) is 2.84. The van der Waals surface area contributed by atoms with E-state index in [0.29, 0.717) is 17.4 Å². The summed E-state index contributed by atoms with van der Waals surface area (Å²) in [6.45, 7) is 6.01. The molecule has 0 aliphatic carbocycles. The zero-order chi connectivity index (χ0) is 19.8. The Morgan fingerprint density at radius 3 is 2.11 bits per heavy atom. The standard InChI is InChI=1S/C22H29NO4/c1-15(2)14-19(17-10-12-18(25-4)13-11-17)23-22(24)16(3)27-21-9-7-6-8-20(21)26-5/h6-13,15-16,19H,14H2,1-5H3,(H,23,24)/t16-,19+/m0/s1. The van der Waals surface area contributed by atoms with Crippen LogP contribution in [-0.4, -0.2) is 26.2 Å². The maximum absolute atomic E-state index is 12.7. The van der Waals surface area contributed by atoms with Gasteiger partial charge in [0, 0.05) is 0 Å². The van der Waals surface area contributed by atoms with Crippen LogP contribution in [0.2, 0.25) is 0 Å². The molecule has 0 unspecified atom stereocenters. The minimum atomic E-state index is -0.644. The lowest BCUT2D eigenvalue weighted by atomic mass is 9.96. The number of hydrogen-bond donors (Lipinski definition) is 1. The minimum absolute atomic E-state index is 0.0906. The smallest absolute Gasteiger partial charge is 0.261 e. The number of rotatable bonds is 9. The Bertz CT molecular complexity index is 727. The molecule has 2 atom stereocenters. The van der Waals surface area contributed by atoms with Crippen molar-refractivity contribution in [3.63, 3.8) is 0 Å². The van der Waals surface area contributed by atoms with E-state index < -0.39 is 6.10 Å². The van der Waals surface area contributed by atoms with Crippen molar-refractivity contribution >= 4 is 5.91 Å².